The summed E-state index contributed by atoms with van der Waals surface area (Å²) in [5, 5.41) is 5.98. The number of hydrogen-bond donors (Lipinski definition) is 0. The Balaban J connectivity index is 1.43. The fourth-order valence-corrected chi connectivity index (χ4v) is 4.98. The zero-order valence-electron chi connectivity index (χ0n) is 16.0. The van der Waals surface area contributed by atoms with Crippen LogP contribution in [0.1, 0.15) is 49.7 Å². The zero-order valence-corrected chi connectivity index (χ0v) is 16.9. The lowest BCUT2D eigenvalue weighted by Gasteiger charge is -2.17. The van der Waals surface area contributed by atoms with Crippen LogP contribution in [0.25, 0.3) is 10.8 Å². The van der Waals surface area contributed by atoms with Crippen LogP contribution in [-0.4, -0.2) is 36.5 Å². The van der Waals surface area contributed by atoms with E-state index in [9.17, 15) is 8.42 Å². The normalized spacial score (nSPS) is 16.1. The summed E-state index contributed by atoms with van der Waals surface area (Å²) in [6.45, 7) is 0.304. The Labute approximate surface area is 165 Å². The summed E-state index contributed by atoms with van der Waals surface area (Å²) >= 11 is 0. The van der Waals surface area contributed by atoms with Gasteiger partial charge in [0.05, 0.1) is 4.90 Å². The number of aromatic nitrogens is 2. The van der Waals surface area contributed by atoms with Crippen LogP contribution < -0.4 is 0 Å². The molecule has 6 nitrogen and oxygen atoms in total. The van der Waals surface area contributed by atoms with E-state index >= 15 is 0 Å². The van der Waals surface area contributed by atoms with Gasteiger partial charge in [0.2, 0.25) is 15.9 Å². The van der Waals surface area contributed by atoms with Crippen LogP contribution >= 0.6 is 0 Å². The smallest absolute Gasteiger partial charge is 0.242 e. The van der Waals surface area contributed by atoms with Gasteiger partial charge >= 0.3 is 0 Å². The van der Waals surface area contributed by atoms with Gasteiger partial charge in [-0.2, -0.15) is 4.98 Å². The van der Waals surface area contributed by atoms with Crippen molar-refractivity contribution in [1.82, 2.24) is 14.4 Å². The molecule has 0 amide bonds. The Morgan fingerprint density at radius 2 is 1.82 bits per heavy atom. The van der Waals surface area contributed by atoms with Gasteiger partial charge in [0, 0.05) is 25.9 Å². The molecule has 7 heteroatoms. The minimum atomic E-state index is -3.57. The van der Waals surface area contributed by atoms with E-state index in [0.29, 0.717) is 35.5 Å². The fourth-order valence-electron chi connectivity index (χ4n) is 3.77. The van der Waals surface area contributed by atoms with Crippen molar-refractivity contribution in [2.75, 3.05) is 13.6 Å². The van der Waals surface area contributed by atoms with Crippen molar-refractivity contribution < 1.29 is 12.9 Å². The van der Waals surface area contributed by atoms with E-state index in [-0.39, 0.29) is 0 Å². The third-order valence-electron chi connectivity index (χ3n) is 5.52. The summed E-state index contributed by atoms with van der Waals surface area (Å²) < 4.78 is 32.6. The topological polar surface area (TPSA) is 76.3 Å². The highest BCUT2D eigenvalue weighted by molar-refractivity contribution is 7.89. The summed E-state index contributed by atoms with van der Waals surface area (Å²) in [4.78, 5) is 4.80. The highest BCUT2D eigenvalue weighted by Gasteiger charge is 2.24. The van der Waals surface area contributed by atoms with E-state index in [1.54, 1.807) is 19.2 Å². The van der Waals surface area contributed by atoms with Gasteiger partial charge in [-0.25, -0.2) is 12.7 Å². The first-order chi connectivity index (χ1) is 13.5. The van der Waals surface area contributed by atoms with Gasteiger partial charge in [-0.15, -0.1) is 0 Å². The molecule has 0 unspecified atom stereocenters. The molecule has 1 saturated carbocycles. The van der Waals surface area contributed by atoms with Crippen molar-refractivity contribution in [3.05, 3.63) is 54.2 Å². The highest BCUT2D eigenvalue weighted by atomic mass is 32.2. The van der Waals surface area contributed by atoms with Gasteiger partial charge in [-0.3, -0.25) is 0 Å². The second kappa shape index (κ2) is 8.01. The van der Waals surface area contributed by atoms with Gasteiger partial charge in [-0.1, -0.05) is 54.8 Å². The summed E-state index contributed by atoms with van der Waals surface area (Å²) in [6.07, 6.45) is 6.30. The van der Waals surface area contributed by atoms with Crippen molar-refractivity contribution in [2.45, 2.75) is 49.3 Å². The number of rotatable bonds is 6. The number of sulfonamides is 1. The van der Waals surface area contributed by atoms with Crippen LogP contribution in [0.4, 0.5) is 0 Å². The average Bonchev–Trinajstić information content (AvgIpc) is 3.21. The van der Waals surface area contributed by atoms with E-state index < -0.39 is 10.0 Å². The first-order valence-corrected chi connectivity index (χ1v) is 11.3. The number of benzene rings is 2. The van der Waals surface area contributed by atoms with E-state index in [4.69, 9.17) is 4.52 Å². The summed E-state index contributed by atoms with van der Waals surface area (Å²) in [5.74, 6) is 1.63. The van der Waals surface area contributed by atoms with Crippen LogP contribution in [0, 0.1) is 0 Å². The predicted octanol–water partition coefficient (Wildman–Crippen LogP) is 4.13. The Hall–Kier alpha value is -2.25. The summed E-state index contributed by atoms with van der Waals surface area (Å²) in [5.41, 5.74) is 0. The van der Waals surface area contributed by atoms with Crippen molar-refractivity contribution >= 4 is 20.8 Å². The molecule has 0 bridgehead atoms. The maximum absolute atomic E-state index is 12.9. The molecule has 1 fully saturated rings. The fraction of sp³-hybridized carbons (Fsp3) is 0.429. The number of likely N-dealkylation sites (N-methyl/N-ethyl adjacent to an activating group) is 1. The molecule has 0 saturated heterocycles. The van der Waals surface area contributed by atoms with Crippen molar-refractivity contribution in [2.24, 2.45) is 0 Å². The lowest BCUT2D eigenvalue weighted by atomic mass is 9.89. The van der Waals surface area contributed by atoms with Crippen LogP contribution in [0.5, 0.6) is 0 Å². The van der Waals surface area contributed by atoms with Gasteiger partial charge in [0.1, 0.15) is 0 Å². The van der Waals surface area contributed by atoms with Gasteiger partial charge in [0.25, 0.3) is 0 Å². The first-order valence-electron chi connectivity index (χ1n) is 9.82. The lowest BCUT2D eigenvalue weighted by Crippen LogP contribution is -2.29. The minimum Gasteiger partial charge on any atom is -0.339 e. The van der Waals surface area contributed by atoms with E-state index in [1.807, 2.05) is 30.3 Å². The van der Waals surface area contributed by atoms with Gasteiger partial charge < -0.3 is 4.52 Å². The van der Waals surface area contributed by atoms with Crippen molar-refractivity contribution in [1.29, 1.82) is 0 Å². The highest BCUT2D eigenvalue weighted by Crippen LogP contribution is 2.31. The molecule has 1 aliphatic rings. The molecular formula is C21H25N3O3S. The molecule has 0 radical (unpaired) electrons. The number of hydrogen-bond acceptors (Lipinski definition) is 5. The van der Waals surface area contributed by atoms with E-state index in [1.165, 1.54) is 23.6 Å². The molecule has 4 rings (SSSR count). The van der Waals surface area contributed by atoms with Crippen LogP contribution in [-0.2, 0) is 16.4 Å². The van der Waals surface area contributed by atoms with Crippen LogP contribution in [0.15, 0.2) is 51.9 Å². The molecule has 28 heavy (non-hydrogen) atoms. The molecule has 1 heterocycles. The van der Waals surface area contributed by atoms with Gasteiger partial charge in [-0.05, 0) is 35.7 Å². The molecule has 0 spiro atoms. The lowest BCUT2D eigenvalue weighted by molar-refractivity contribution is 0.311. The molecule has 2 aromatic carbocycles. The number of nitrogens with zero attached hydrogens (tertiary/aromatic N) is 3. The predicted molar refractivity (Wildman–Crippen MR) is 108 cm³/mol. The third-order valence-corrected chi connectivity index (χ3v) is 7.37. The summed E-state index contributed by atoms with van der Waals surface area (Å²) in [6, 6.07) is 12.9. The second-order valence-electron chi connectivity index (χ2n) is 7.47. The molecule has 3 aromatic rings. The Bertz CT molecular complexity index is 1060. The standard InChI is InChI=1S/C21H25N3O3S/c1-24(14-13-20-22-21(27-23-20)17-8-3-2-4-9-17)28(25,26)19-12-11-16-7-5-6-10-18(16)15-19/h5-7,10-12,15,17H,2-4,8-9,13-14H2,1H3. The third kappa shape index (κ3) is 3.95. The zero-order chi connectivity index (χ0) is 19.6. The summed E-state index contributed by atoms with van der Waals surface area (Å²) in [7, 11) is -1.98. The number of fused-ring (bicyclic) bond motifs is 1. The molecule has 0 atom stereocenters. The Morgan fingerprint density at radius 1 is 1.07 bits per heavy atom. The average molecular weight is 400 g/mol. The largest absolute Gasteiger partial charge is 0.339 e. The SMILES string of the molecule is CN(CCc1noc(C2CCCCC2)n1)S(=O)(=O)c1ccc2ccccc2c1. The van der Waals surface area contributed by atoms with Gasteiger partial charge in [0.15, 0.2) is 5.82 Å². The van der Waals surface area contributed by atoms with E-state index in [0.717, 1.165) is 23.6 Å². The second-order valence-corrected chi connectivity index (χ2v) is 9.51. The molecule has 0 N–H and O–H groups in total. The van der Waals surface area contributed by atoms with Crippen molar-refractivity contribution in [3.8, 4) is 0 Å². The Kier molecular flexibility index (Phi) is 5.46. The monoisotopic (exact) mass is 399 g/mol. The molecular weight excluding hydrogens is 374 g/mol. The molecule has 1 aromatic heterocycles. The van der Waals surface area contributed by atoms with Crippen LogP contribution in [0.2, 0.25) is 0 Å². The van der Waals surface area contributed by atoms with E-state index in [2.05, 4.69) is 10.1 Å². The first kappa shape index (κ1) is 19.1. The van der Waals surface area contributed by atoms with Crippen LogP contribution in [0.3, 0.4) is 0 Å². The quantitative estimate of drug-likeness (QED) is 0.623. The minimum absolute atomic E-state index is 0.296. The molecule has 0 aliphatic heterocycles. The van der Waals surface area contributed by atoms with Crippen molar-refractivity contribution in [3.63, 3.8) is 0 Å². The Morgan fingerprint density at radius 3 is 2.61 bits per heavy atom. The molecule has 1 aliphatic carbocycles. The maximum Gasteiger partial charge on any atom is 0.242 e. The maximum atomic E-state index is 12.9. The molecule has 148 valence electrons.